The molecular formula is C17H20N2O3S2. The molecule has 2 amide bonds. The van der Waals surface area contributed by atoms with Gasteiger partial charge in [-0.05, 0) is 34.5 Å². The van der Waals surface area contributed by atoms with Gasteiger partial charge in [0, 0.05) is 31.0 Å². The number of thiophene rings is 1. The Morgan fingerprint density at radius 2 is 2.38 bits per heavy atom. The van der Waals surface area contributed by atoms with Crippen molar-refractivity contribution in [2.75, 3.05) is 18.8 Å². The predicted molar refractivity (Wildman–Crippen MR) is 95.7 cm³/mol. The molecule has 0 bridgehead atoms. The molecule has 128 valence electrons. The minimum Gasteiger partial charge on any atom is -0.467 e. The van der Waals surface area contributed by atoms with Gasteiger partial charge in [0.05, 0.1) is 18.7 Å². The molecule has 0 aromatic carbocycles. The Morgan fingerprint density at radius 3 is 3.12 bits per heavy atom. The molecule has 0 radical (unpaired) electrons. The van der Waals surface area contributed by atoms with Crippen molar-refractivity contribution in [3.8, 4) is 0 Å². The number of hydrogen-bond donors (Lipinski definition) is 1. The lowest BCUT2D eigenvalue weighted by atomic mass is 10.1. The van der Waals surface area contributed by atoms with Gasteiger partial charge in [0.2, 0.25) is 11.8 Å². The van der Waals surface area contributed by atoms with Gasteiger partial charge in [-0.2, -0.15) is 23.1 Å². The fourth-order valence-corrected chi connectivity index (χ4v) is 4.23. The van der Waals surface area contributed by atoms with Gasteiger partial charge in [0.25, 0.3) is 0 Å². The molecule has 3 heterocycles. The molecule has 7 heteroatoms. The molecule has 0 spiro atoms. The largest absolute Gasteiger partial charge is 0.467 e. The van der Waals surface area contributed by atoms with E-state index in [-0.39, 0.29) is 24.2 Å². The van der Waals surface area contributed by atoms with Crippen molar-refractivity contribution in [2.45, 2.75) is 18.7 Å². The third kappa shape index (κ3) is 4.64. The third-order valence-corrected chi connectivity index (χ3v) is 5.67. The number of nitrogens with zero attached hydrogens (tertiary/aromatic N) is 1. The summed E-state index contributed by atoms with van der Waals surface area (Å²) in [4.78, 5) is 25.9. The number of amides is 2. The molecule has 24 heavy (non-hydrogen) atoms. The van der Waals surface area contributed by atoms with Crippen LogP contribution in [-0.2, 0) is 21.9 Å². The summed E-state index contributed by atoms with van der Waals surface area (Å²) in [6, 6.07) is 5.76. The summed E-state index contributed by atoms with van der Waals surface area (Å²) in [6.07, 6.45) is 1.88. The van der Waals surface area contributed by atoms with Crippen LogP contribution in [0.4, 0.5) is 0 Å². The SMILES string of the molecule is O=C(NCCSCc1ccsc1)[C@H]1CC(=O)N(Cc2ccco2)C1. The Bertz CT molecular complexity index is 655. The summed E-state index contributed by atoms with van der Waals surface area (Å²) in [5, 5.41) is 7.16. The van der Waals surface area contributed by atoms with Crippen LogP contribution in [0.25, 0.3) is 0 Å². The van der Waals surface area contributed by atoms with Crippen LogP contribution in [0.15, 0.2) is 39.6 Å². The quantitative estimate of drug-likeness (QED) is 0.732. The molecule has 2 aromatic heterocycles. The minimum absolute atomic E-state index is 0.0124. The zero-order chi connectivity index (χ0) is 16.8. The number of furan rings is 1. The zero-order valence-corrected chi connectivity index (χ0v) is 14.9. The van der Waals surface area contributed by atoms with E-state index in [4.69, 9.17) is 4.42 Å². The summed E-state index contributed by atoms with van der Waals surface area (Å²) in [6.45, 7) is 1.54. The molecule has 1 aliphatic rings. The van der Waals surface area contributed by atoms with Crippen LogP contribution in [-0.4, -0.2) is 35.6 Å². The number of nitrogens with one attached hydrogen (secondary N) is 1. The molecule has 1 aliphatic heterocycles. The monoisotopic (exact) mass is 364 g/mol. The van der Waals surface area contributed by atoms with Crippen LogP contribution in [0.1, 0.15) is 17.7 Å². The van der Waals surface area contributed by atoms with E-state index in [9.17, 15) is 9.59 Å². The molecule has 1 saturated heterocycles. The second-order valence-electron chi connectivity index (χ2n) is 5.73. The average Bonchev–Trinajstić information content (AvgIpc) is 3.31. The third-order valence-electron chi connectivity index (χ3n) is 3.91. The van der Waals surface area contributed by atoms with Gasteiger partial charge >= 0.3 is 0 Å². The highest BCUT2D eigenvalue weighted by Crippen LogP contribution is 2.20. The first-order valence-corrected chi connectivity index (χ1v) is 9.99. The number of thioether (sulfide) groups is 1. The van der Waals surface area contributed by atoms with E-state index in [0.29, 0.717) is 19.6 Å². The molecule has 1 fully saturated rings. The lowest BCUT2D eigenvalue weighted by Crippen LogP contribution is -2.34. The highest BCUT2D eigenvalue weighted by Gasteiger charge is 2.34. The molecule has 2 aromatic rings. The van der Waals surface area contributed by atoms with E-state index in [1.54, 1.807) is 40.3 Å². The summed E-state index contributed by atoms with van der Waals surface area (Å²) < 4.78 is 5.27. The van der Waals surface area contributed by atoms with Gasteiger partial charge in [-0.1, -0.05) is 0 Å². The summed E-state index contributed by atoms with van der Waals surface area (Å²) >= 11 is 3.50. The molecule has 1 atom stereocenters. The van der Waals surface area contributed by atoms with Crippen LogP contribution >= 0.6 is 23.1 Å². The number of carbonyl (C=O) groups is 2. The van der Waals surface area contributed by atoms with Crippen LogP contribution in [0, 0.1) is 5.92 Å². The summed E-state index contributed by atoms with van der Waals surface area (Å²) in [7, 11) is 0. The first-order chi connectivity index (χ1) is 11.7. The van der Waals surface area contributed by atoms with E-state index in [1.165, 1.54) is 5.56 Å². The highest BCUT2D eigenvalue weighted by molar-refractivity contribution is 7.98. The Morgan fingerprint density at radius 1 is 1.46 bits per heavy atom. The lowest BCUT2D eigenvalue weighted by molar-refractivity contribution is -0.129. The first kappa shape index (κ1) is 17.1. The smallest absolute Gasteiger partial charge is 0.225 e. The lowest BCUT2D eigenvalue weighted by Gasteiger charge is -2.15. The standard InChI is InChI=1S/C17H20N2O3S2/c20-16-8-14(9-19(16)10-15-2-1-5-22-15)17(21)18-4-7-24-12-13-3-6-23-11-13/h1-3,5-6,11,14H,4,7-10,12H2,(H,18,21)/t14-/m0/s1. The second kappa shape index (κ2) is 8.39. The molecule has 5 nitrogen and oxygen atoms in total. The van der Waals surface area contributed by atoms with E-state index in [2.05, 4.69) is 22.1 Å². The van der Waals surface area contributed by atoms with E-state index >= 15 is 0 Å². The topological polar surface area (TPSA) is 62.6 Å². The van der Waals surface area contributed by atoms with E-state index in [0.717, 1.165) is 17.3 Å². The Kier molecular flexibility index (Phi) is 5.98. The minimum atomic E-state index is -0.255. The van der Waals surface area contributed by atoms with E-state index in [1.807, 2.05) is 6.07 Å². The maximum Gasteiger partial charge on any atom is 0.225 e. The van der Waals surface area contributed by atoms with Gasteiger partial charge in [-0.25, -0.2) is 0 Å². The number of rotatable bonds is 8. The Hall–Kier alpha value is -1.73. The number of hydrogen-bond acceptors (Lipinski definition) is 5. The maximum atomic E-state index is 12.2. The van der Waals surface area contributed by atoms with Crippen molar-refractivity contribution >= 4 is 34.9 Å². The maximum absolute atomic E-state index is 12.2. The zero-order valence-electron chi connectivity index (χ0n) is 13.3. The number of carbonyl (C=O) groups excluding carboxylic acids is 2. The molecule has 0 aliphatic carbocycles. The predicted octanol–water partition coefficient (Wildman–Crippen LogP) is 2.74. The van der Waals surface area contributed by atoms with Gasteiger partial charge in [0.15, 0.2) is 0 Å². The van der Waals surface area contributed by atoms with Gasteiger partial charge < -0.3 is 14.6 Å². The normalized spacial score (nSPS) is 17.4. The average molecular weight is 364 g/mol. The van der Waals surface area contributed by atoms with Gasteiger partial charge in [0.1, 0.15) is 5.76 Å². The van der Waals surface area contributed by atoms with Crippen molar-refractivity contribution < 1.29 is 14.0 Å². The van der Waals surface area contributed by atoms with Crippen molar-refractivity contribution in [3.63, 3.8) is 0 Å². The summed E-state index contributed by atoms with van der Waals surface area (Å²) in [5.74, 6) is 2.32. The van der Waals surface area contributed by atoms with Crippen molar-refractivity contribution in [2.24, 2.45) is 5.92 Å². The van der Waals surface area contributed by atoms with Crippen molar-refractivity contribution in [1.82, 2.24) is 10.2 Å². The Labute approximate surface area is 149 Å². The van der Waals surface area contributed by atoms with Crippen LogP contribution in [0.5, 0.6) is 0 Å². The van der Waals surface area contributed by atoms with Crippen LogP contribution in [0.2, 0.25) is 0 Å². The van der Waals surface area contributed by atoms with Crippen molar-refractivity contribution in [1.29, 1.82) is 0 Å². The molecule has 1 N–H and O–H groups in total. The van der Waals surface area contributed by atoms with Gasteiger partial charge in [-0.3, -0.25) is 9.59 Å². The molecule has 3 rings (SSSR count). The summed E-state index contributed by atoms with van der Waals surface area (Å²) in [5.41, 5.74) is 1.33. The molecular weight excluding hydrogens is 344 g/mol. The fourth-order valence-electron chi connectivity index (χ4n) is 2.65. The van der Waals surface area contributed by atoms with Gasteiger partial charge in [-0.15, -0.1) is 0 Å². The van der Waals surface area contributed by atoms with Crippen LogP contribution in [0.3, 0.4) is 0 Å². The number of likely N-dealkylation sites (tertiary alicyclic amines) is 1. The van der Waals surface area contributed by atoms with Crippen LogP contribution < -0.4 is 5.32 Å². The molecule has 0 unspecified atom stereocenters. The fraction of sp³-hybridized carbons (Fsp3) is 0.412. The second-order valence-corrected chi connectivity index (χ2v) is 7.62. The highest BCUT2D eigenvalue weighted by atomic mass is 32.2. The molecule has 0 saturated carbocycles. The van der Waals surface area contributed by atoms with E-state index < -0.39 is 0 Å². The first-order valence-electron chi connectivity index (χ1n) is 7.89. The van der Waals surface area contributed by atoms with Crippen molar-refractivity contribution in [3.05, 3.63) is 46.5 Å². The Balaban J connectivity index is 1.35.